The van der Waals surface area contributed by atoms with Crippen LogP contribution in [0.2, 0.25) is 5.02 Å². The first kappa shape index (κ1) is 16.2. The number of rotatable bonds is 5. The lowest BCUT2D eigenvalue weighted by molar-refractivity contribution is -0.117. The molecule has 1 aromatic carbocycles. The van der Waals surface area contributed by atoms with Crippen molar-refractivity contribution >= 4 is 40.1 Å². The molecular weight excluding hydrogens is 310 g/mol. The van der Waals surface area contributed by atoms with E-state index in [0.717, 1.165) is 12.1 Å². The SMILES string of the molecule is CCCOc1ccc(N2CC(SC(C)=O)CC2=O)cc1Cl. The number of benzene rings is 1. The lowest BCUT2D eigenvalue weighted by Gasteiger charge is -2.18. The molecule has 1 unspecified atom stereocenters. The minimum absolute atomic E-state index is 0.0183. The van der Waals surface area contributed by atoms with Crippen molar-refractivity contribution in [1.29, 1.82) is 0 Å². The smallest absolute Gasteiger partial charge is 0.228 e. The highest BCUT2D eigenvalue weighted by Gasteiger charge is 2.32. The number of carbonyl (C=O) groups excluding carboxylic acids is 2. The molecule has 0 saturated carbocycles. The van der Waals surface area contributed by atoms with Crippen molar-refractivity contribution in [3.8, 4) is 5.75 Å². The summed E-state index contributed by atoms with van der Waals surface area (Å²) in [5.74, 6) is 0.649. The summed E-state index contributed by atoms with van der Waals surface area (Å²) in [7, 11) is 0. The predicted molar refractivity (Wildman–Crippen MR) is 86.3 cm³/mol. The zero-order valence-electron chi connectivity index (χ0n) is 12.1. The van der Waals surface area contributed by atoms with Gasteiger partial charge >= 0.3 is 0 Å². The molecule has 1 atom stereocenters. The third-order valence-corrected chi connectivity index (χ3v) is 4.39. The largest absolute Gasteiger partial charge is 0.492 e. The molecule has 0 aliphatic carbocycles. The highest BCUT2D eigenvalue weighted by atomic mass is 35.5. The quantitative estimate of drug-likeness (QED) is 0.830. The Hall–Kier alpha value is -1.20. The number of nitrogens with zero attached hydrogens (tertiary/aromatic N) is 1. The first-order valence-electron chi connectivity index (χ1n) is 6.91. The average Bonchev–Trinajstić information content (AvgIpc) is 2.77. The van der Waals surface area contributed by atoms with E-state index in [-0.39, 0.29) is 16.3 Å². The summed E-state index contributed by atoms with van der Waals surface area (Å²) in [6, 6.07) is 5.35. The number of halogens is 1. The summed E-state index contributed by atoms with van der Waals surface area (Å²) in [5.41, 5.74) is 0.750. The van der Waals surface area contributed by atoms with E-state index in [4.69, 9.17) is 16.3 Å². The van der Waals surface area contributed by atoms with Gasteiger partial charge in [-0.05, 0) is 24.6 Å². The molecule has 1 aliphatic rings. The number of thioether (sulfide) groups is 1. The van der Waals surface area contributed by atoms with Crippen LogP contribution in [0.3, 0.4) is 0 Å². The molecule has 1 heterocycles. The number of hydrogen-bond donors (Lipinski definition) is 0. The Morgan fingerprint density at radius 3 is 2.90 bits per heavy atom. The first-order chi connectivity index (χ1) is 10.0. The van der Waals surface area contributed by atoms with Gasteiger partial charge in [0.1, 0.15) is 5.75 Å². The monoisotopic (exact) mass is 327 g/mol. The van der Waals surface area contributed by atoms with Gasteiger partial charge in [-0.25, -0.2) is 0 Å². The topological polar surface area (TPSA) is 46.6 Å². The molecule has 0 radical (unpaired) electrons. The summed E-state index contributed by atoms with van der Waals surface area (Å²) in [6.07, 6.45) is 1.29. The molecule has 1 aliphatic heterocycles. The second kappa shape index (κ2) is 7.18. The highest BCUT2D eigenvalue weighted by Crippen LogP contribution is 2.33. The molecule has 0 spiro atoms. The molecule has 0 aromatic heterocycles. The van der Waals surface area contributed by atoms with Crippen LogP contribution in [-0.2, 0) is 9.59 Å². The van der Waals surface area contributed by atoms with Crippen LogP contribution in [0.15, 0.2) is 18.2 Å². The van der Waals surface area contributed by atoms with Crippen molar-refractivity contribution in [2.45, 2.75) is 31.9 Å². The molecule has 0 bridgehead atoms. The van der Waals surface area contributed by atoms with Gasteiger partial charge in [-0.2, -0.15) is 0 Å². The Labute approximate surface area is 133 Å². The van der Waals surface area contributed by atoms with Gasteiger partial charge in [-0.3, -0.25) is 9.59 Å². The number of amides is 1. The zero-order valence-corrected chi connectivity index (χ0v) is 13.7. The average molecular weight is 328 g/mol. The van der Waals surface area contributed by atoms with E-state index in [1.54, 1.807) is 17.0 Å². The number of hydrogen-bond acceptors (Lipinski definition) is 4. The van der Waals surface area contributed by atoms with Crippen LogP contribution in [-0.4, -0.2) is 29.4 Å². The van der Waals surface area contributed by atoms with Crippen LogP contribution in [0.4, 0.5) is 5.69 Å². The predicted octanol–water partition coefficient (Wildman–Crippen LogP) is 3.51. The number of anilines is 1. The summed E-state index contributed by atoms with van der Waals surface area (Å²) in [6.45, 7) is 4.69. The highest BCUT2D eigenvalue weighted by molar-refractivity contribution is 8.14. The maximum Gasteiger partial charge on any atom is 0.228 e. The Morgan fingerprint density at radius 2 is 2.29 bits per heavy atom. The van der Waals surface area contributed by atoms with Crippen LogP contribution in [0, 0.1) is 0 Å². The molecule has 114 valence electrons. The Kier molecular flexibility index (Phi) is 5.53. The minimum atomic E-state index is 0.0183. The summed E-state index contributed by atoms with van der Waals surface area (Å²) in [5, 5.41) is 0.553. The zero-order chi connectivity index (χ0) is 15.4. The minimum Gasteiger partial charge on any atom is -0.492 e. The fourth-order valence-electron chi connectivity index (χ4n) is 2.22. The van der Waals surface area contributed by atoms with Gasteiger partial charge in [-0.15, -0.1) is 0 Å². The van der Waals surface area contributed by atoms with Gasteiger partial charge in [0.2, 0.25) is 5.91 Å². The van der Waals surface area contributed by atoms with Crippen molar-refractivity contribution in [1.82, 2.24) is 0 Å². The second-order valence-corrected chi connectivity index (χ2v) is 6.79. The van der Waals surface area contributed by atoms with Crippen molar-refractivity contribution < 1.29 is 14.3 Å². The molecule has 2 rings (SSSR count). The van der Waals surface area contributed by atoms with E-state index in [2.05, 4.69) is 0 Å². The molecular formula is C15H18ClNO3S. The maximum absolute atomic E-state index is 12.1. The van der Waals surface area contributed by atoms with E-state index in [9.17, 15) is 9.59 Å². The van der Waals surface area contributed by atoms with E-state index in [0.29, 0.717) is 30.3 Å². The molecule has 1 saturated heterocycles. The van der Waals surface area contributed by atoms with Gasteiger partial charge < -0.3 is 9.64 Å². The molecule has 1 fully saturated rings. The Bertz CT molecular complexity index is 550. The van der Waals surface area contributed by atoms with Gasteiger partial charge in [0.25, 0.3) is 0 Å². The summed E-state index contributed by atoms with van der Waals surface area (Å²) < 4.78 is 5.52. The summed E-state index contributed by atoms with van der Waals surface area (Å²) >= 11 is 7.41. The fourth-order valence-corrected chi connectivity index (χ4v) is 3.37. The van der Waals surface area contributed by atoms with Crippen LogP contribution in [0.25, 0.3) is 0 Å². The lowest BCUT2D eigenvalue weighted by Crippen LogP contribution is -2.24. The number of ether oxygens (including phenoxy) is 1. The van der Waals surface area contributed by atoms with Crippen molar-refractivity contribution in [2.75, 3.05) is 18.1 Å². The molecule has 0 N–H and O–H groups in total. The van der Waals surface area contributed by atoms with Crippen LogP contribution >= 0.6 is 23.4 Å². The van der Waals surface area contributed by atoms with Gasteiger partial charge in [-0.1, -0.05) is 30.3 Å². The Morgan fingerprint density at radius 1 is 1.52 bits per heavy atom. The van der Waals surface area contributed by atoms with Crippen molar-refractivity contribution in [3.05, 3.63) is 23.2 Å². The van der Waals surface area contributed by atoms with Crippen LogP contribution in [0.5, 0.6) is 5.75 Å². The summed E-state index contributed by atoms with van der Waals surface area (Å²) in [4.78, 5) is 24.9. The fraction of sp³-hybridized carbons (Fsp3) is 0.467. The van der Waals surface area contributed by atoms with Gasteiger partial charge in [0, 0.05) is 30.8 Å². The van der Waals surface area contributed by atoms with Gasteiger partial charge in [0.05, 0.1) is 11.6 Å². The van der Waals surface area contributed by atoms with Crippen LogP contribution < -0.4 is 9.64 Å². The Balaban J connectivity index is 2.09. The molecule has 21 heavy (non-hydrogen) atoms. The second-order valence-electron chi connectivity index (χ2n) is 4.90. The molecule has 1 aromatic rings. The van der Waals surface area contributed by atoms with E-state index < -0.39 is 0 Å². The van der Waals surface area contributed by atoms with E-state index in [1.165, 1.54) is 18.7 Å². The van der Waals surface area contributed by atoms with Crippen LogP contribution in [0.1, 0.15) is 26.7 Å². The standard InChI is InChI=1S/C15H18ClNO3S/c1-3-6-20-14-5-4-11(7-13(14)16)17-9-12(8-15(17)19)21-10(2)18/h4-5,7,12H,3,6,8-9H2,1-2H3. The first-order valence-corrected chi connectivity index (χ1v) is 8.17. The molecule has 1 amide bonds. The van der Waals surface area contributed by atoms with Crippen molar-refractivity contribution in [3.63, 3.8) is 0 Å². The third-order valence-electron chi connectivity index (χ3n) is 3.11. The van der Waals surface area contributed by atoms with E-state index in [1.807, 2.05) is 13.0 Å². The van der Waals surface area contributed by atoms with Gasteiger partial charge in [0.15, 0.2) is 5.12 Å². The molecule has 6 heteroatoms. The normalized spacial score (nSPS) is 18.1. The molecule has 4 nitrogen and oxygen atoms in total. The van der Waals surface area contributed by atoms with Crippen molar-refractivity contribution in [2.24, 2.45) is 0 Å². The third kappa shape index (κ3) is 4.14. The maximum atomic E-state index is 12.1. The van der Waals surface area contributed by atoms with E-state index >= 15 is 0 Å². The number of carbonyl (C=O) groups is 2. The lowest BCUT2D eigenvalue weighted by atomic mass is 10.2.